The molecule has 0 aliphatic rings. The highest BCUT2D eigenvalue weighted by Crippen LogP contribution is 2.14. The van der Waals surface area contributed by atoms with Gasteiger partial charge in [-0.05, 0) is 6.92 Å². The number of nitrogens with two attached hydrogens (primary N) is 1. The number of aromatic nitrogens is 3. The summed E-state index contributed by atoms with van der Waals surface area (Å²) in [6.45, 7) is 1.86. The van der Waals surface area contributed by atoms with Crippen LogP contribution < -0.4 is 11.1 Å². The standard InChI is InChI=1S/C10H11N5OS/c1-6(10-12-2-3-17-10)15-9(16)7-4-14-8(11)5-13-7/h2-6H,1H3,(H2,11,14)(H,15,16). The van der Waals surface area contributed by atoms with Crippen molar-refractivity contribution in [3.63, 3.8) is 0 Å². The van der Waals surface area contributed by atoms with Crippen molar-refractivity contribution in [1.82, 2.24) is 20.3 Å². The summed E-state index contributed by atoms with van der Waals surface area (Å²) < 4.78 is 0. The van der Waals surface area contributed by atoms with Gasteiger partial charge in [-0.15, -0.1) is 11.3 Å². The van der Waals surface area contributed by atoms with Crippen molar-refractivity contribution in [1.29, 1.82) is 0 Å². The third-order valence-electron chi connectivity index (χ3n) is 2.07. The van der Waals surface area contributed by atoms with E-state index < -0.39 is 0 Å². The molecule has 2 rings (SSSR count). The van der Waals surface area contributed by atoms with Gasteiger partial charge in [0.15, 0.2) is 0 Å². The minimum absolute atomic E-state index is 0.151. The highest BCUT2D eigenvalue weighted by Gasteiger charge is 2.14. The van der Waals surface area contributed by atoms with Gasteiger partial charge >= 0.3 is 0 Å². The summed E-state index contributed by atoms with van der Waals surface area (Å²) in [6, 6.07) is -0.151. The van der Waals surface area contributed by atoms with E-state index in [0.717, 1.165) is 5.01 Å². The van der Waals surface area contributed by atoms with Crippen molar-refractivity contribution < 1.29 is 4.79 Å². The average molecular weight is 249 g/mol. The Balaban J connectivity index is 2.04. The molecule has 0 bridgehead atoms. The number of hydrogen-bond donors (Lipinski definition) is 2. The number of carbonyl (C=O) groups excluding carboxylic acids is 1. The first-order valence-electron chi connectivity index (χ1n) is 4.94. The quantitative estimate of drug-likeness (QED) is 0.846. The predicted octanol–water partition coefficient (Wildman–Crippen LogP) is 1.01. The Bertz CT molecular complexity index is 496. The van der Waals surface area contributed by atoms with Crippen LogP contribution in [0.3, 0.4) is 0 Å². The van der Waals surface area contributed by atoms with Gasteiger partial charge < -0.3 is 11.1 Å². The molecule has 88 valence electrons. The van der Waals surface area contributed by atoms with Crippen molar-refractivity contribution in [2.75, 3.05) is 5.73 Å². The minimum Gasteiger partial charge on any atom is -0.382 e. The number of nitrogens with one attached hydrogen (secondary N) is 1. The summed E-state index contributed by atoms with van der Waals surface area (Å²) in [5, 5.41) is 5.49. The Morgan fingerprint density at radius 1 is 1.41 bits per heavy atom. The zero-order valence-corrected chi connectivity index (χ0v) is 9.94. The van der Waals surface area contributed by atoms with Crippen molar-refractivity contribution in [3.05, 3.63) is 34.7 Å². The van der Waals surface area contributed by atoms with Crippen LogP contribution in [0.2, 0.25) is 0 Å². The SMILES string of the molecule is CC(NC(=O)c1cnc(N)cn1)c1nccs1. The molecule has 2 aromatic rings. The van der Waals surface area contributed by atoms with Crippen LogP contribution in [0.5, 0.6) is 0 Å². The maximum Gasteiger partial charge on any atom is 0.272 e. The van der Waals surface area contributed by atoms with Crippen LogP contribution in [0.15, 0.2) is 24.0 Å². The van der Waals surface area contributed by atoms with Crippen LogP contribution in [0.1, 0.15) is 28.5 Å². The summed E-state index contributed by atoms with van der Waals surface area (Å²) in [5.74, 6) is -0.00489. The van der Waals surface area contributed by atoms with Crippen molar-refractivity contribution >= 4 is 23.1 Å². The molecule has 0 saturated carbocycles. The highest BCUT2D eigenvalue weighted by molar-refractivity contribution is 7.09. The van der Waals surface area contributed by atoms with Crippen molar-refractivity contribution in [2.24, 2.45) is 0 Å². The average Bonchev–Trinajstić information content (AvgIpc) is 2.83. The number of hydrogen-bond acceptors (Lipinski definition) is 6. The molecule has 2 heterocycles. The molecule has 0 aliphatic heterocycles. The lowest BCUT2D eigenvalue weighted by molar-refractivity contribution is 0.0934. The van der Waals surface area contributed by atoms with E-state index in [4.69, 9.17) is 5.73 Å². The van der Waals surface area contributed by atoms with Crippen LogP contribution in [-0.2, 0) is 0 Å². The lowest BCUT2D eigenvalue weighted by atomic mass is 10.3. The molecular formula is C10H11N5OS. The molecule has 1 amide bonds. The molecule has 2 aromatic heterocycles. The zero-order chi connectivity index (χ0) is 12.3. The van der Waals surface area contributed by atoms with Crippen LogP contribution in [0.4, 0.5) is 5.82 Å². The number of thiazole rings is 1. The smallest absolute Gasteiger partial charge is 0.272 e. The number of amides is 1. The van der Waals surface area contributed by atoms with Gasteiger partial charge in [0.1, 0.15) is 16.5 Å². The van der Waals surface area contributed by atoms with Gasteiger partial charge in [0, 0.05) is 11.6 Å². The van der Waals surface area contributed by atoms with E-state index in [1.54, 1.807) is 6.20 Å². The molecule has 0 saturated heterocycles. The van der Waals surface area contributed by atoms with Crippen LogP contribution in [-0.4, -0.2) is 20.9 Å². The fourth-order valence-corrected chi connectivity index (χ4v) is 1.88. The molecule has 3 N–H and O–H groups in total. The molecule has 0 fully saturated rings. The van der Waals surface area contributed by atoms with Crippen LogP contribution in [0.25, 0.3) is 0 Å². The summed E-state index contributed by atoms with van der Waals surface area (Å²) in [5.41, 5.74) is 5.63. The van der Waals surface area contributed by atoms with Gasteiger partial charge in [-0.1, -0.05) is 0 Å². The maximum absolute atomic E-state index is 11.8. The summed E-state index contributed by atoms with van der Waals surface area (Å²) >= 11 is 1.49. The highest BCUT2D eigenvalue weighted by atomic mass is 32.1. The molecule has 7 heteroatoms. The predicted molar refractivity (Wildman–Crippen MR) is 64.4 cm³/mol. The zero-order valence-electron chi connectivity index (χ0n) is 9.12. The molecule has 6 nitrogen and oxygen atoms in total. The van der Waals surface area contributed by atoms with Crippen molar-refractivity contribution in [2.45, 2.75) is 13.0 Å². The topological polar surface area (TPSA) is 93.8 Å². The second-order valence-corrected chi connectivity index (χ2v) is 4.32. The Hall–Kier alpha value is -2.02. The van der Waals surface area contributed by atoms with Gasteiger partial charge in [-0.25, -0.2) is 15.0 Å². The lowest BCUT2D eigenvalue weighted by Gasteiger charge is -2.10. The van der Waals surface area contributed by atoms with Gasteiger partial charge in [0.25, 0.3) is 5.91 Å². The second kappa shape index (κ2) is 4.88. The third kappa shape index (κ3) is 2.76. The Morgan fingerprint density at radius 2 is 2.24 bits per heavy atom. The molecular weight excluding hydrogens is 238 g/mol. The normalized spacial score (nSPS) is 12.1. The van der Waals surface area contributed by atoms with Crippen molar-refractivity contribution in [3.8, 4) is 0 Å². The summed E-state index contributed by atoms with van der Waals surface area (Å²) in [4.78, 5) is 23.6. The molecule has 1 atom stereocenters. The summed E-state index contributed by atoms with van der Waals surface area (Å²) in [6.07, 6.45) is 4.40. The molecule has 0 spiro atoms. The number of rotatable bonds is 3. The Kier molecular flexibility index (Phi) is 3.29. The largest absolute Gasteiger partial charge is 0.382 e. The number of nitrogens with zero attached hydrogens (tertiary/aromatic N) is 3. The Labute approximate surface area is 102 Å². The molecule has 17 heavy (non-hydrogen) atoms. The first-order valence-corrected chi connectivity index (χ1v) is 5.82. The molecule has 0 radical (unpaired) electrons. The van der Waals surface area contributed by atoms with E-state index in [1.165, 1.54) is 23.7 Å². The minimum atomic E-state index is -0.291. The van der Waals surface area contributed by atoms with E-state index in [9.17, 15) is 4.79 Å². The maximum atomic E-state index is 11.8. The van der Waals surface area contributed by atoms with Gasteiger partial charge in [0.2, 0.25) is 0 Å². The number of nitrogen functional groups attached to an aromatic ring is 1. The first-order chi connectivity index (χ1) is 8.16. The molecule has 1 unspecified atom stereocenters. The number of carbonyl (C=O) groups is 1. The molecule has 0 aromatic carbocycles. The Morgan fingerprint density at radius 3 is 2.82 bits per heavy atom. The van der Waals surface area contributed by atoms with Gasteiger partial charge in [-0.3, -0.25) is 4.79 Å². The molecule has 0 aliphatic carbocycles. The van der Waals surface area contributed by atoms with Crippen LogP contribution in [0, 0.1) is 0 Å². The lowest BCUT2D eigenvalue weighted by Crippen LogP contribution is -2.27. The van der Waals surface area contributed by atoms with Gasteiger partial charge in [0.05, 0.1) is 18.4 Å². The van der Waals surface area contributed by atoms with E-state index in [0.29, 0.717) is 0 Å². The van der Waals surface area contributed by atoms with E-state index in [2.05, 4.69) is 20.3 Å². The number of anilines is 1. The van der Waals surface area contributed by atoms with Gasteiger partial charge in [-0.2, -0.15) is 0 Å². The monoisotopic (exact) mass is 249 g/mol. The van der Waals surface area contributed by atoms with E-state index in [-0.39, 0.29) is 23.5 Å². The fourth-order valence-electron chi connectivity index (χ4n) is 1.24. The van der Waals surface area contributed by atoms with E-state index in [1.807, 2.05) is 12.3 Å². The summed E-state index contributed by atoms with van der Waals surface area (Å²) in [7, 11) is 0. The first kappa shape index (κ1) is 11.5. The van der Waals surface area contributed by atoms with E-state index >= 15 is 0 Å². The van der Waals surface area contributed by atoms with Crippen LogP contribution >= 0.6 is 11.3 Å². The third-order valence-corrected chi connectivity index (χ3v) is 3.03. The fraction of sp³-hybridized carbons (Fsp3) is 0.200. The second-order valence-electron chi connectivity index (χ2n) is 3.39.